The van der Waals surface area contributed by atoms with Crippen LogP contribution in [0.5, 0.6) is 0 Å². The van der Waals surface area contributed by atoms with Crippen molar-refractivity contribution in [3.8, 4) is 22.4 Å². The maximum absolute atomic E-state index is 5.55. The quantitative estimate of drug-likeness (QED) is 0.159. The second-order valence-corrected chi connectivity index (χ2v) is 17.3. The third kappa shape index (κ3) is 4.10. The van der Waals surface area contributed by atoms with E-state index in [1.54, 1.807) is 5.57 Å². The standard InChI is InChI=1S/C51H51N2/c1-8-31(9-2)34-26-35(32(10-3)11-4)30-50(29-34)41-27-33-18-12-13-19-36(33)47-46(41)48-45-42(28-44(49(5,6)7)52-43(45)24-25-53(48)50)51(47)39-22-16-14-20-37(39)38-21-15-17-23-40(38)51/h12-29,31-32H,8-11,30H2,1-7H3/q+1. The minimum atomic E-state index is -0.498. The van der Waals surface area contributed by atoms with Gasteiger partial charge in [0.1, 0.15) is 0 Å². The number of nitrogens with zero attached hydrogens (tertiary/aromatic N) is 2. The van der Waals surface area contributed by atoms with Crippen LogP contribution >= 0.6 is 0 Å². The molecule has 3 aliphatic carbocycles. The fourth-order valence-corrected chi connectivity index (χ4v) is 11.3. The zero-order chi connectivity index (χ0) is 36.4. The number of rotatable bonds is 6. The van der Waals surface area contributed by atoms with Crippen molar-refractivity contribution in [3.05, 3.63) is 154 Å². The largest absolute Gasteiger partial charge is 0.252 e. The Morgan fingerprint density at radius 3 is 2.02 bits per heavy atom. The lowest BCUT2D eigenvalue weighted by Gasteiger charge is -2.39. The number of allylic oxidation sites excluding steroid dienone is 4. The van der Waals surface area contributed by atoms with Gasteiger partial charge < -0.3 is 0 Å². The first-order chi connectivity index (χ1) is 25.7. The number of hydrogen-bond acceptors (Lipinski definition) is 1. The first-order valence-electron chi connectivity index (χ1n) is 20.3. The lowest BCUT2D eigenvalue weighted by molar-refractivity contribution is -0.726. The van der Waals surface area contributed by atoms with Gasteiger partial charge in [0.25, 0.3) is 0 Å². The number of pyridine rings is 2. The second kappa shape index (κ2) is 11.3. The summed E-state index contributed by atoms with van der Waals surface area (Å²) in [5.74, 6) is 1.09. The van der Waals surface area contributed by atoms with E-state index in [-0.39, 0.29) is 11.0 Å². The van der Waals surface area contributed by atoms with Crippen LogP contribution in [0.2, 0.25) is 0 Å². The predicted octanol–water partition coefficient (Wildman–Crippen LogP) is 12.5. The Morgan fingerprint density at radius 2 is 1.36 bits per heavy atom. The maximum atomic E-state index is 5.55. The Bertz CT molecular complexity index is 2540. The molecular formula is C51H51N2+. The van der Waals surface area contributed by atoms with Crippen LogP contribution in [0.4, 0.5) is 0 Å². The van der Waals surface area contributed by atoms with Crippen molar-refractivity contribution in [2.24, 2.45) is 11.8 Å². The number of fused-ring (bicyclic) bond motifs is 11. The van der Waals surface area contributed by atoms with Crippen LogP contribution < -0.4 is 4.57 Å². The SMILES string of the molecule is CCC(CC)C1=CC2(CC(C(CC)CC)=C1)c1cc3ccccc3c3c1-c1c4c(cc(C(C)(C)C)nc4cc[n+]12)C31c2ccccc2-c2ccccc21. The molecule has 0 fully saturated rings. The van der Waals surface area contributed by atoms with Crippen molar-refractivity contribution in [2.75, 3.05) is 0 Å². The summed E-state index contributed by atoms with van der Waals surface area (Å²) in [6.07, 6.45) is 13.4. The Hall–Kier alpha value is -4.82. The molecule has 6 aromatic rings. The van der Waals surface area contributed by atoms with E-state index < -0.39 is 5.41 Å². The molecular weight excluding hydrogens is 641 g/mol. The summed E-state index contributed by atoms with van der Waals surface area (Å²) in [5.41, 5.74) is 17.0. The van der Waals surface area contributed by atoms with Gasteiger partial charge >= 0.3 is 0 Å². The summed E-state index contributed by atoms with van der Waals surface area (Å²) in [5, 5.41) is 4.01. The Kier molecular flexibility index (Phi) is 7.02. The van der Waals surface area contributed by atoms with Gasteiger partial charge in [0.2, 0.25) is 11.2 Å². The molecule has 0 bridgehead atoms. The highest BCUT2D eigenvalue weighted by molar-refractivity contribution is 6.10. The van der Waals surface area contributed by atoms with Crippen LogP contribution in [-0.2, 0) is 16.4 Å². The summed E-state index contributed by atoms with van der Waals surface area (Å²) in [7, 11) is 0. The fraction of sp³-hybridized carbons (Fsp3) is 0.333. The molecule has 3 heterocycles. The minimum absolute atomic E-state index is 0.119. The van der Waals surface area contributed by atoms with Crippen molar-refractivity contribution in [1.29, 1.82) is 0 Å². The van der Waals surface area contributed by atoms with Gasteiger partial charge in [-0.1, -0.05) is 133 Å². The van der Waals surface area contributed by atoms with Crippen LogP contribution in [-0.4, -0.2) is 4.98 Å². The molecule has 4 aliphatic rings. The van der Waals surface area contributed by atoms with Gasteiger partial charge in [0.05, 0.1) is 21.9 Å². The number of benzene rings is 4. The first kappa shape index (κ1) is 32.8. The van der Waals surface area contributed by atoms with Gasteiger partial charge in [0, 0.05) is 29.2 Å². The van der Waals surface area contributed by atoms with Gasteiger partial charge in [-0.3, -0.25) is 4.98 Å². The molecule has 2 aromatic heterocycles. The van der Waals surface area contributed by atoms with Crippen LogP contribution in [0.15, 0.2) is 120 Å². The molecule has 1 aliphatic heterocycles. The molecule has 1 unspecified atom stereocenters. The van der Waals surface area contributed by atoms with E-state index in [1.807, 2.05) is 0 Å². The molecule has 53 heavy (non-hydrogen) atoms. The lowest BCUT2D eigenvalue weighted by Crippen LogP contribution is -2.55. The van der Waals surface area contributed by atoms with Crippen LogP contribution in [0, 0.1) is 11.8 Å². The molecule has 4 aromatic carbocycles. The monoisotopic (exact) mass is 691 g/mol. The predicted molar refractivity (Wildman–Crippen MR) is 220 cm³/mol. The minimum Gasteiger partial charge on any atom is -0.252 e. The van der Waals surface area contributed by atoms with E-state index in [1.165, 1.54) is 84.8 Å². The van der Waals surface area contributed by atoms with Crippen molar-refractivity contribution >= 4 is 21.7 Å². The van der Waals surface area contributed by atoms with Gasteiger partial charge in [-0.05, 0) is 105 Å². The zero-order valence-corrected chi connectivity index (χ0v) is 32.5. The van der Waals surface area contributed by atoms with E-state index in [4.69, 9.17) is 4.98 Å². The van der Waals surface area contributed by atoms with E-state index in [0.717, 1.165) is 30.5 Å². The van der Waals surface area contributed by atoms with Gasteiger partial charge in [0.15, 0.2) is 6.20 Å². The topological polar surface area (TPSA) is 16.8 Å². The lowest BCUT2D eigenvalue weighted by atomic mass is 9.60. The molecule has 0 saturated carbocycles. The normalized spacial score (nSPS) is 18.7. The van der Waals surface area contributed by atoms with Gasteiger partial charge in [-0.15, -0.1) is 0 Å². The van der Waals surface area contributed by atoms with E-state index in [9.17, 15) is 0 Å². The van der Waals surface area contributed by atoms with Crippen molar-refractivity contribution < 1.29 is 4.57 Å². The second-order valence-electron chi connectivity index (χ2n) is 17.3. The van der Waals surface area contributed by atoms with Crippen LogP contribution in [0.1, 0.15) is 114 Å². The summed E-state index contributed by atoms with van der Waals surface area (Å²) in [6, 6.07) is 35.3. The Labute approximate surface area is 315 Å². The summed E-state index contributed by atoms with van der Waals surface area (Å²) in [4.78, 5) is 5.55. The van der Waals surface area contributed by atoms with Gasteiger partial charge in [-0.2, -0.15) is 4.57 Å². The summed E-state index contributed by atoms with van der Waals surface area (Å²) >= 11 is 0. The maximum Gasteiger partial charge on any atom is 0.224 e. The highest BCUT2D eigenvalue weighted by Crippen LogP contribution is 2.65. The van der Waals surface area contributed by atoms with Crippen LogP contribution in [0.25, 0.3) is 44.1 Å². The van der Waals surface area contributed by atoms with Crippen molar-refractivity contribution in [1.82, 2.24) is 4.98 Å². The van der Waals surface area contributed by atoms with E-state index in [2.05, 4.69) is 162 Å². The molecule has 2 spiro atoms. The highest BCUT2D eigenvalue weighted by Gasteiger charge is 2.61. The molecule has 0 radical (unpaired) electrons. The molecule has 2 heteroatoms. The van der Waals surface area contributed by atoms with Crippen molar-refractivity contribution in [3.63, 3.8) is 0 Å². The molecule has 0 amide bonds. The van der Waals surface area contributed by atoms with Crippen LogP contribution in [0.3, 0.4) is 0 Å². The third-order valence-corrected chi connectivity index (χ3v) is 13.8. The fourth-order valence-electron chi connectivity index (χ4n) is 11.3. The first-order valence-corrected chi connectivity index (χ1v) is 20.3. The van der Waals surface area contributed by atoms with Gasteiger partial charge in [-0.25, -0.2) is 0 Å². The van der Waals surface area contributed by atoms with E-state index in [0.29, 0.717) is 11.8 Å². The third-order valence-electron chi connectivity index (χ3n) is 13.8. The molecule has 10 rings (SSSR count). The summed E-state index contributed by atoms with van der Waals surface area (Å²) < 4.78 is 2.72. The average Bonchev–Trinajstić information content (AvgIpc) is 3.61. The van der Waals surface area contributed by atoms with E-state index >= 15 is 0 Å². The molecule has 264 valence electrons. The molecule has 0 N–H and O–H groups in total. The highest BCUT2D eigenvalue weighted by atomic mass is 15.1. The number of hydrogen-bond donors (Lipinski definition) is 0. The number of aromatic nitrogens is 2. The average molecular weight is 692 g/mol. The zero-order valence-electron chi connectivity index (χ0n) is 32.5. The molecule has 0 saturated heterocycles. The molecule has 2 nitrogen and oxygen atoms in total. The van der Waals surface area contributed by atoms with Crippen molar-refractivity contribution in [2.45, 2.75) is 96.9 Å². The summed E-state index contributed by atoms with van der Waals surface area (Å²) in [6.45, 7) is 16.5. The smallest absolute Gasteiger partial charge is 0.224 e. The Balaban J connectivity index is 1.46. The Morgan fingerprint density at radius 1 is 0.717 bits per heavy atom. The molecule has 1 atom stereocenters.